The Morgan fingerprint density at radius 2 is 1.81 bits per heavy atom. The lowest BCUT2D eigenvalue weighted by Crippen LogP contribution is -2.44. The maximum atomic E-state index is 14.8. The first-order valence-corrected chi connectivity index (χ1v) is 12.3. The second-order valence-corrected chi connectivity index (χ2v) is 9.20. The van der Waals surface area contributed by atoms with Crippen molar-refractivity contribution in [3.8, 4) is 16.9 Å². The van der Waals surface area contributed by atoms with E-state index in [1.807, 2.05) is 19.1 Å². The third kappa shape index (κ3) is 4.54. The molecule has 6 nitrogen and oxygen atoms in total. The molecule has 36 heavy (non-hydrogen) atoms. The van der Waals surface area contributed by atoms with Crippen molar-refractivity contribution in [3.05, 3.63) is 77.7 Å². The number of hydrogen-bond acceptors (Lipinski definition) is 5. The molecule has 1 fully saturated rings. The van der Waals surface area contributed by atoms with Gasteiger partial charge in [-0.25, -0.2) is 4.39 Å². The summed E-state index contributed by atoms with van der Waals surface area (Å²) in [5.41, 5.74) is 6.02. The lowest BCUT2D eigenvalue weighted by atomic mass is 9.97. The SMILES string of the molecule is CC/C(Nc1ccc(N2CCN(C)CC2)cc1)=C1/C(=O)Nc2ccc(-c3c(F)cccc3OC)cc21. The van der Waals surface area contributed by atoms with E-state index in [9.17, 15) is 9.18 Å². The number of allylic oxidation sites excluding steroid dienone is 1. The molecule has 5 rings (SSSR count). The van der Waals surface area contributed by atoms with Crippen LogP contribution in [0.3, 0.4) is 0 Å². The van der Waals surface area contributed by atoms with E-state index in [0.29, 0.717) is 34.6 Å². The molecule has 3 aromatic carbocycles. The number of ether oxygens (including phenoxy) is 1. The van der Waals surface area contributed by atoms with Crippen LogP contribution in [-0.2, 0) is 4.79 Å². The smallest absolute Gasteiger partial charge is 0.258 e. The summed E-state index contributed by atoms with van der Waals surface area (Å²) >= 11 is 0. The van der Waals surface area contributed by atoms with Crippen molar-refractivity contribution in [2.24, 2.45) is 0 Å². The maximum absolute atomic E-state index is 14.8. The Kier molecular flexibility index (Phi) is 6.65. The number of rotatable bonds is 6. The number of anilines is 3. The molecule has 0 saturated carbocycles. The topological polar surface area (TPSA) is 56.8 Å². The zero-order valence-corrected chi connectivity index (χ0v) is 20.9. The fourth-order valence-corrected chi connectivity index (χ4v) is 4.90. The summed E-state index contributed by atoms with van der Waals surface area (Å²) in [5.74, 6) is -0.0838. The molecule has 1 amide bonds. The van der Waals surface area contributed by atoms with Crippen molar-refractivity contribution in [1.29, 1.82) is 0 Å². The first-order chi connectivity index (χ1) is 17.5. The van der Waals surface area contributed by atoms with Gasteiger partial charge in [-0.1, -0.05) is 19.1 Å². The quantitative estimate of drug-likeness (QED) is 0.455. The number of methoxy groups -OCH3 is 1. The predicted molar refractivity (Wildman–Crippen MR) is 144 cm³/mol. The number of carbonyl (C=O) groups is 1. The van der Waals surface area contributed by atoms with Crippen LogP contribution >= 0.6 is 0 Å². The van der Waals surface area contributed by atoms with E-state index < -0.39 is 0 Å². The van der Waals surface area contributed by atoms with Crippen molar-refractivity contribution in [1.82, 2.24) is 4.90 Å². The fourth-order valence-electron chi connectivity index (χ4n) is 4.90. The number of benzene rings is 3. The molecule has 0 aromatic heterocycles. The number of halogens is 1. The van der Waals surface area contributed by atoms with Gasteiger partial charge in [0.2, 0.25) is 0 Å². The average Bonchev–Trinajstić information content (AvgIpc) is 3.22. The Morgan fingerprint density at radius 3 is 2.50 bits per heavy atom. The zero-order valence-electron chi connectivity index (χ0n) is 20.9. The first-order valence-electron chi connectivity index (χ1n) is 12.3. The summed E-state index contributed by atoms with van der Waals surface area (Å²) in [5, 5.41) is 6.42. The molecule has 2 aliphatic heterocycles. The number of nitrogens with zero attached hydrogens (tertiary/aromatic N) is 2. The third-order valence-electron chi connectivity index (χ3n) is 6.93. The second kappa shape index (κ2) is 10.0. The van der Waals surface area contributed by atoms with Crippen LogP contribution in [0.1, 0.15) is 18.9 Å². The van der Waals surface area contributed by atoms with Crippen LogP contribution in [0.4, 0.5) is 21.5 Å². The van der Waals surface area contributed by atoms with E-state index in [4.69, 9.17) is 4.74 Å². The largest absolute Gasteiger partial charge is 0.496 e. The predicted octanol–water partition coefficient (Wildman–Crippen LogP) is 5.44. The van der Waals surface area contributed by atoms with Crippen LogP contribution in [0.2, 0.25) is 0 Å². The molecule has 0 aliphatic carbocycles. The van der Waals surface area contributed by atoms with E-state index in [-0.39, 0.29) is 11.7 Å². The van der Waals surface area contributed by atoms with E-state index in [0.717, 1.165) is 43.1 Å². The Balaban J connectivity index is 1.46. The van der Waals surface area contributed by atoms with Crippen LogP contribution in [0.25, 0.3) is 16.7 Å². The first kappa shape index (κ1) is 23.9. The third-order valence-corrected chi connectivity index (χ3v) is 6.93. The molecule has 0 bridgehead atoms. The van der Waals surface area contributed by atoms with E-state index in [1.165, 1.54) is 18.9 Å². The van der Waals surface area contributed by atoms with Gasteiger partial charge >= 0.3 is 0 Å². The summed E-state index contributed by atoms with van der Waals surface area (Å²) in [6.45, 7) is 6.16. The van der Waals surface area contributed by atoms with Crippen molar-refractivity contribution < 1.29 is 13.9 Å². The fraction of sp³-hybridized carbons (Fsp3) is 0.276. The minimum Gasteiger partial charge on any atom is -0.496 e. The molecule has 186 valence electrons. The van der Waals surface area contributed by atoms with Crippen molar-refractivity contribution >= 4 is 28.5 Å². The van der Waals surface area contributed by atoms with E-state index >= 15 is 0 Å². The van der Waals surface area contributed by atoms with Crippen LogP contribution in [0.15, 0.2) is 66.4 Å². The van der Waals surface area contributed by atoms with E-state index in [1.54, 1.807) is 18.2 Å². The standard InChI is InChI=1S/C29H31FN4O2/c1-4-24(31-20-9-11-21(12-10-20)34-16-14-33(2)15-17-34)28-22-18-19(8-13-25(22)32-29(28)35)27-23(30)6-5-7-26(27)36-3/h5-13,18,31H,4,14-17H2,1-3H3,(H,32,35)/b28-24-. The van der Waals surface area contributed by atoms with Crippen LogP contribution in [0.5, 0.6) is 5.75 Å². The highest BCUT2D eigenvalue weighted by Gasteiger charge is 2.28. The van der Waals surface area contributed by atoms with Crippen molar-refractivity contribution in [2.75, 3.05) is 55.9 Å². The van der Waals surface area contributed by atoms with Gasteiger partial charge in [0, 0.05) is 54.5 Å². The molecule has 1 saturated heterocycles. The van der Waals surface area contributed by atoms with Crippen LogP contribution < -0.4 is 20.3 Å². The molecule has 2 aliphatic rings. The van der Waals surface area contributed by atoms with Gasteiger partial charge in [0.1, 0.15) is 11.6 Å². The van der Waals surface area contributed by atoms with E-state index in [2.05, 4.69) is 51.7 Å². The molecule has 0 atom stereocenters. The van der Waals surface area contributed by atoms with Gasteiger partial charge in [-0.3, -0.25) is 4.79 Å². The molecule has 0 radical (unpaired) electrons. The Morgan fingerprint density at radius 1 is 1.06 bits per heavy atom. The van der Waals surface area contributed by atoms with Crippen molar-refractivity contribution in [3.63, 3.8) is 0 Å². The lowest BCUT2D eigenvalue weighted by molar-refractivity contribution is -0.110. The maximum Gasteiger partial charge on any atom is 0.258 e. The molecule has 2 heterocycles. The average molecular weight is 487 g/mol. The minimum absolute atomic E-state index is 0.166. The molecule has 0 unspecified atom stereocenters. The monoisotopic (exact) mass is 486 g/mol. The Hall–Kier alpha value is -3.84. The molecule has 2 N–H and O–H groups in total. The van der Waals surface area contributed by atoms with Gasteiger partial charge in [0.15, 0.2) is 0 Å². The lowest BCUT2D eigenvalue weighted by Gasteiger charge is -2.34. The highest BCUT2D eigenvalue weighted by atomic mass is 19.1. The van der Waals surface area contributed by atoms with Crippen LogP contribution in [0, 0.1) is 5.82 Å². The number of fused-ring (bicyclic) bond motifs is 1. The number of likely N-dealkylation sites (N-methyl/N-ethyl adjacent to an activating group) is 1. The van der Waals surface area contributed by atoms with Crippen LogP contribution in [-0.4, -0.2) is 51.1 Å². The van der Waals surface area contributed by atoms with Gasteiger partial charge in [-0.05, 0) is 67.6 Å². The number of nitrogens with one attached hydrogen (secondary N) is 2. The van der Waals surface area contributed by atoms with Gasteiger partial charge in [0.05, 0.1) is 18.2 Å². The summed E-state index contributed by atoms with van der Waals surface area (Å²) in [6, 6.07) is 18.6. The zero-order chi connectivity index (χ0) is 25.2. The minimum atomic E-state index is -0.369. The van der Waals surface area contributed by atoms with Gasteiger partial charge in [-0.2, -0.15) is 0 Å². The van der Waals surface area contributed by atoms with Gasteiger partial charge < -0.3 is 25.2 Å². The highest BCUT2D eigenvalue weighted by molar-refractivity contribution is 6.32. The summed E-state index contributed by atoms with van der Waals surface area (Å²) in [4.78, 5) is 17.8. The summed E-state index contributed by atoms with van der Waals surface area (Å²) in [7, 11) is 3.67. The number of hydrogen-bond donors (Lipinski definition) is 2. The molecular formula is C29H31FN4O2. The second-order valence-electron chi connectivity index (χ2n) is 9.20. The molecule has 7 heteroatoms. The highest BCUT2D eigenvalue weighted by Crippen LogP contribution is 2.40. The number of carbonyl (C=O) groups excluding carboxylic acids is 1. The van der Waals surface area contributed by atoms with Gasteiger partial charge in [0.25, 0.3) is 5.91 Å². The molecule has 0 spiro atoms. The Bertz CT molecular complexity index is 1310. The summed E-state index contributed by atoms with van der Waals surface area (Å²) < 4.78 is 20.2. The molecular weight excluding hydrogens is 455 g/mol. The van der Waals surface area contributed by atoms with Crippen molar-refractivity contribution in [2.45, 2.75) is 13.3 Å². The number of amides is 1. The molecule has 3 aromatic rings. The normalized spacial score (nSPS) is 17.0. The van der Waals surface area contributed by atoms with Gasteiger partial charge in [-0.15, -0.1) is 0 Å². The summed E-state index contributed by atoms with van der Waals surface area (Å²) in [6.07, 6.45) is 0.635. The Labute approximate surface area is 211 Å². The number of piperazine rings is 1.